The molecule has 0 bridgehead atoms. The Labute approximate surface area is 149 Å². The molecule has 1 aromatic rings. The van der Waals surface area contributed by atoms with Gasteiger partial charge in [0.2, 0.25) is 15.9 Å². The van der Waals surface area contributed by atoms with Crippen LogP contribution in [0, 0.1) is 19.8 Å². The number of sulfonamides is 1. The fourth-order valence-corrected chi connectivity index (χ4v) is 4.94. The predicted molar refractivity (Wildman–Crippen MR) is 94.8 cm³/mol. The summed E-state index contributed by atoms with van der Waals surface area (Å²) >= 11 is 0. The number of likely N-dealkylation sites (tertiary alicyclic amines) is 1. The van der Waals surface area contributed by atoms with E-state index >= 15 is 0 Å². The number of rotatable bonds is 5. The second-order valence-corrected chi connectivity index (χ2v) is 8.77. The van der Waals surface area contributed by atoms with E-state index in [1.807, 2.05) is 13.0 Å². The number of amides is 1. The van der Waals surface area contributed by atoms with Gasteiger partial charge < -0.3 is 9.64 Å². The SMILES string of the molecule is Cc1ccc(C)c(S(=O)(=O)NCC(=O)N2CCC(C3CCCO3)C2)c1. The summed E-state index contributed by atoms with van der Waals surface area (Å²) in [5, 5.41) is 0. The molecule has 0 aromatic heterocycles. The van der Waals surface area contributed by atoms with Crippen LogP contribution in [0.3, 0.4) is 0 Å². The average Bonchev–Trinajstić information content (AvgIpc) is 3.25. The zero-order chi connectivity index (χ0) is 18.0. The van der Waals surface area contributed by atoms with E-state index in [0.29, 0.717) is 24.6 Å². The van der Waals surface area contributed by atoms with E-state index in [4.69, 9.17) is 4.74 Å². The topological polar surface area (TPSA) is 75.7 Å². The van der Waals surface area contributed by atoms with E-state index in [1.165, 1.54) is 0 Å². The molecule has 0 aliphatic carbocycles. The summed E-state index contributed by atoms with van der Waals surface area (Å²) in [6.07, 6.45) is 3.33. The summed E-state index contributed by atoms with van der Waals surface area (Å²) in [4.78, 5) is 14.4. The highest BCUT2D eigenvalue weighted by molar-refractivity contribution is 7.89. The number of carbonyl (C=O) groups excluding carboxylic acids is 1. The zero-order valence-corrected chi connectivity index (χ0v) is 15.6. The molecule has 138 valence electrons. The summed E-state index contributed by atoms with van der Waals surface area (Å²) in [6.45, 7) is 5.55. The van der Waals surface area contributed by atoms with Crippen LogP contribution in [0.15, 0.2) is 23.1 Å². The lowest BCUT2D eigenvalue weighted by Gasteiger charge is -2.20. The van der Waals surface area contributed by atoms with Gasteiger partial charge in [0.15, 0.2) is 0 Å². The zero-order valence-electron chi connectivity index (χ0n) is 14.8. The monoisotopic (exact) mass is 366 g/mol. The molecule has 2 atom stereocenters. The number of ether oxygens (including phenoxy) is 1. The first-order valence-electron chi connectivity index (χ1n) is 8.83. The molecule has 6 nitrogen and oxygen atoms in total. The summed E-state index contributed by atoms with van der Waals surface area (Å²) in [5.41, 5.74) is 1.54. The molecule has 2 fully saturated rings. The minimum Gasteiger partial charge on any atom is -0.378 e. The molecule has 2 aliphatic rings. The van der Waals surface area contributed by atoms with Crippen molar-refractivity contribution in [2.24, 2.45) is 5.92 Å². The second-order valence-electron chi connectivity index (χ2n) is 7.03. The van der Waals surface area contributed by atoms with Crippen molar-refractivity contribution in [3.05, 3.63) is 29.3 Å². The fraction of sp³-hybridized carbons (Fsp3) is 0.611. The average molecular weight is 366 g/mol. The lowest BCUT2D eigenvalue weighted by molar-refractivity contribution is -0.129. The highest BCUT2D eigenvalue weighted by Gasteiger charge is 2.34. The molecule has 2 aliphatic heterocycles. The maximum atomic E-state index is 12.5. The quantitative estimate of drug-likeness (QED) is 0.859. The van der Waals surface area contributed by atoms with Gasteiger partial charge in [-0.1, -0.05) is 12.1 Å². The van der Waals surface area contributed by atoms with Crippen LogP contribution in [0.4, 0.5) is 0 Å². The Morgan fingerprint density at radius 1 is 1.32 bits per heavy atom. The van der Waals surface area contributed by atoms with E-state index < -0.39 is 10.0 Å². The second kappa shape index (κ2) is 7.43. The van der Waals surface area contributed by atoms with E-state index in [-0.39, 0.29) is 23.5 Å². The lowest BCUT2D eigenvalue weighted by Crippen LogP contribution is -2.39. The largest absolute Gasteiger partial charge is 0.378 e. The molecule has 1 N–H and O–H groups in total. The standard InChI is InChI=1S/C18H26N2O4S/c1-13-5-6-14(2)17(10-13)25(22,23)19-11-18(21)20-8-7-15(12-20)16-4-3-9-24-16/h5-6,10,15-16,19H,3-4,7-9,11-12H2,1-2H3. The Balaban J connectivity index is 1.57. The molecular formula is C18H26N2O4S. The van der Waals surface area contributed by atoms with Crippen LogP contribution in [0.5, 0.6) is 0 Å². The Bertz CT molecular complexity index is 741. The Kier molecular flexibility index (Phi) is 5.46. The van der Waals surface area contributed by atoms with Gasteiger partial charge in [0.1, 0.15) is 0 Å². The first-order chi connectivity index (χ1) is 11.9. The third-order valence-corrected chi connectivity index (χ3v) is 6.66. The Hall–Kier alpha value is -1.44. The summed E-state index contributed by atoms with van der Waals surface area (Å²) in [5.74, 6) is 0.205. The van der Waals surface area contributed by atoms with Gasteiger partial charge in [0.25, 0.3) is 0 Å². The van der Waals surface area contributed by atoms with Crippen molar-refractivity contribution in [1.82, 2.24) is 9.62 Å². The van der Waals surface area contributed by atoms with Crippen molar-refractivity contribution in [2.45, 2.75) is 44.1 Å². The first kappa shape index (κ1) is 18.4. The van der Waals surface area contributed by atoms with Gasteiger partial charge in [-0.2, -0.15) is 0 Å². The minimum atomic E-state index is -3.69. The third-order valence-electron chi connectivity index (χ3n) is 5.11. The Morgan fingerprint density at radius 2 is 2.12 bits per heavy atom. The van der Waals surface area contributed by atoms with Crippen LogP contribution in [-0.4, -0.2) is 51.6 Å². The number of nitrogens with one attached hydrogen (secondary N) is 1. The third kappa shape index (κ3) is 4.22. The number of benzene rings is 1. The van der Waals surface area contributed by atoms with Gasteiger partial charge in [-0.15, -0.1) is 0 Å². The van der Waals surface area contributed by atoms with E-state index in [0.717, 1.165) is 31.4 Å². The summed E-state index contributed by atoms with van der Waals surface area (Å²) in [7, 11) is -3.69. The van der Waals surface area contributed by atoms with Crippen molar-refractivity contribution in [1.29, 1.82) is 0 Å². The molecule has 1 amide bonds. The normalized spacial score (nSPS) is 24.0. The van der Waals surface area contributed by atoms with Crippen LogP contribution < -0.4 is 4.72 Å². The molecule has 0 radical (unpaired) electrons. The lowest BCUT2D eigenvalue weighted by atomic mass is 9.99. The molecule has 1 aromatic carbocycles. The Morgan fingerprint density at radius 3 is 2.84 bits per heavy atom. The van der Waals surface area contributed by atoms with E-state index in [9.17, 15) is 13.2 Å². The number of nitrogens with zero attached hydrogens (tertiary/aromatic N) is 1. The number of aryl methyl sites for hydroxylation is 2. The molecule has 7 heteroatoms. The number of hydrogen-bond donors (Lipinski definition) is 1. The fourth-order valence-electron chi connectivity index (χ4n) is 3.63. The highest BCUT2D eigenvalue weighted by atomic mass is 32.2. The predicted octanol–water partition coefficient (Wildman–Crippen LogP) is 1.61. The van der Waals surface area contributed by atoms with Crippen molar-refractivity contribution >= 4 is 15.9 Å². The molecule has 3 rings (SSSR count). The molecular weight excluding hydrogens is 340 g/mol. The van der Waals surface area contributed by atoms with Crippen LogP contribution in [-0.2, 0) is 19.6 Å². The maximum absolute atomic E-state index is 12.5. The summed E-state index contributed by atoms with van der Waals surface area (Å²) in [6, 6.07) is 5.28. The van der Waals surface area contributed by atoms with Crippen molar-refractivity contribution in [2.75, 3.05) is 26.2 Å². The smallest absolute Gasteiger partial charge is 0.241 e. The summed E-state index contributed by atoms with van der Waals surface area (Å²) < 4.78 is 33.2. The molecule has 0 spiro atoms. The maximum Gasteiger partial charge on any atom is 0.241 e. The van der Waals surface area contributed by atoms with E-state index in [1.54, 1.807) is 24.0 Å². The van der Waals surface area contributed by atoms with Crippen molar-refractivity contribution in [3.63, 3.8) is 0 Å². The van der Waals surface area contributed by atoms with Gasteiger partial charge in [-0.3, -0.25) is 4.79 Å². The van der Waals surface area contributed by atoms with E-state index in [2.05, 4.69) is 4.72 Å². The molecule has 0 saturated carbocycles. The highest BCUT2D eigenvalue weighted by Crippen LogP contribution is 2.28. The molecule has 2 unspecified atom stereocenters. The van der Waals surface area contributed by atoms with Gasteiger partial charge in [0, 0.05) is 25.6 Å². The van der Waals surface area contributed by atoms with Gasteiger partial charge in [-0.25, -0.2) is 13.1 Å². The van der Waals surface area contributed by atoms with Crippen molar-refractivity contribution < 1.29 is 17.9 Å². The van der Waals surface area contributed by atoms with Gasteiger partial charge in [-0.05, 0) is 50.3 Å². The van der Waals surface area contributed by atoms with Gasteiger partial charge >= 0.3 is 0 Å². The van der Waals surface area contributed by atoms with Gasteiger partial charge in [0.05, 0.1) is 17.5 Å². The van der Waals surface area contributed by atoms with Crippen LogP contribution in [0.25, 0.3) is 0 Å². The first-order valence-corrected chi connectivity index (χ1v) is 10.3. The molecule has 2 saturated heterocycles. The van der Waals surface area contributed by atoms with Crippen LogP contribution in [0.2, 0.25) is 0 Å². The molecule has 2 heterocycles. The van der Waals surface area contributed by atoms with Crippen molar-refractivity contribution in [3.8, 4) is 0 Å². The van der Waals surface area contributed by atoms with Crippen LogP contribution in [0.1, 0.15) is 30.4 Å². The van der Waals surface area contributed by atoms with Crippen LogP contribution >= 0.6 is 0 Å². The minimum absolute atomic E-state index is 0.172. The number of carbonyl (C=O) groups is 1. The molecule has 25 heavy (non-hydrogen) atoms. The number of hydrogen-bond acceptors (Lipinski definition) is 4.